The first kappa shape index (κ1) is 27.0. The van der Waals surface area contributed by atoms with Crippen LogP contribution < -0.4 is 30.2 Å². The molecule has 1 heterocycles. The summed E-state index contributed by atoms with van der Waals surface area (Å²) in [5, 5.41) is 10.1. The maximum absolute atomic E-state index is 12.7. The summed E-state index contributed by atoms with van der Waals surface area (Å²) in [5.74, 6) is 1.67. The van der Waals surface area contributed by atoms with Crippen molar-refractivity contribution in [3.63, 3.8) is 0 Å². The molecule has 10 heteroatoms. The van der Waals surface area contributed by atoms with E-state index in [-0.39, 0.29) is 11.9 Å². The zero-order valence-electron chi connectivity index (χ0n) is 20.6. The molecule has 0 aliphatic heterocycles. The number of pyridine rings is 1. The standard InChI is InChI=1S/C26H28Cl2N4O4/c1-15(2)30-20-13-18(27)19(28)14-21(20)32-24(33)9-8-16-7-6-10-29-26(16)31-17-11-22(34-3)25(36-5)23(12-17)35-4/h6-15,30H,1-5H3,(H,29,31)(H,32,33)/b9-8+. The molecule has 0 bridgehead atoms. The number of anilines is 4. The van der Waals surface area contributed by atoms with E-state index in [4.69, 9.17) is 37.4 Å². The molecule has 3 N–H and O–H groups in total. The van der Waals surface area contributed by atoms with E-state index < -0.39 is 0 Å². The fourth-order valence-electron chi connectivity index (χ4n) is 3.37. The van der Waals surface area contributed by atoms with Crippen molar-refractivity contribution in [2.24, 2.45) is 0 Å². The fraction of sp³-hybridized carbons (Fsp3) is 0.231. The van der Waals surface area contributed by atoms with E-state index in [1.54, 1.807) is 63.9 Å². The Kier molecular flexibility index (Phi) is 9.27. The molecule has 2 aromatic carbocycles. The number of rotatable bonds is 10. The third-order valence-corrected chi connectivity index (χ3v) is 5.67. The summed E-state index contributed by atoms with van der Waals surface area (Å²) in [4.78, 5) is 17.1. The van der Waals surface area contributed by atoms with Crippen LogP contribution in [0.3, 0.4) is 0 Å². The van der Waals surface area contributed by atoms with Crippen molar-refractivity contribution in [3.8, 4) is 17.2 Å². The smallest absolute Gasteiger partial charge is 0.248 e. The molecule has 0 saturated carbocycles. The SMILES string of the molecule is COc1cc(Nc2ncccc2/C=C/C(=O)Nc2cc(Cl)c(Cl)cc2NC(C)C)cc(OC)c1OC. The zero-order valence-corrected chi connectivity index (χ0v) is 22.1. The molecule has 0 atom stereocenters. The highest BCUT2D eigenvalue weighted by molar-refractivity contribution is 6.42. The Morgan fingerprint density at radius 2 is 1.61 bits per heavy atom. The van der Waals surface area contributed by atoms with Crippen LogP contribution in [0.15, 0.2) is 48.7 Å². The molecule has 1 aromatic heterocycles. The number of nitrogens with zero attached hydrogens (tertiary/aromatic N) is 1. The summed E-state index contributed by atoms with van der Waals surface area (Å²) < 4.78 is 16.2. The van der Waals surface area contributed by atoms with Crippen LogP contribution in [0.5, 0.6) is 17.2 Å². The first-order valence-corrected chi connectivity index (χ1v) is 11.8. The minimum absolute atomic E-state index is 0.132. The number of halogens is 2. The van der Waals surface area contributed by atoms with E-state index in [0.717, 1.165) is 0 Å². The largest absolute Gasteiger partial charge is 0.493 e. The van der Waals surface area contributed by atoms with Gasteiger partial charge in [-0.3, -0.25) is 4.79 Å². The van der Waals surface area contributed by atoms with Gasteiger partial charge in [-0.05, 0) is 44.2 Å². The molecule has 1 amide bonds. The van der Waals surface area contributed by atoms with Crippen molar-refractivity contribution in [1.82, 2.24) is 4.98 Å². The number of nitrogens with one attached hydrogen (secondary N) is 3. The van der Waals surface area contributed by atoms with Crippen LogP contribution in [0, 0.1) is 0 Å². The summed E-state index contributed by atoms with van der Waals surface area (Å²) in [6.45, 7) is 3.97. The number of benzene rings is 2. The van der Waals surface area contributed by atoms with Gasteiger partial charge in [-0.1, -0.05) is 23.2 Å². The second kappa shape index (κ2) is 12.4. The first-order chi connectivity index (χ1) is 17.2. The van der Waals surface area contributed by atoms with E-state index >= 15 is 0 Å². The second-order valence-corrected chi connectivity index (χ2v) is 8.73. The van der Waals surface area contributed by atoms with Crippen LogP contribution in [0.2, 0.25) is 10.0 Å². The van der Waals surface area contributed by atoms with Crippen LogP contribution >= 0.6 is 23.2 Å². The number of aromatic nitrogens is 1. The molecule has 0 radical (unpaired) electrons. The number of hydrogen-bond acceptors (Lipinski definition) is 7. The highest BCUT2D eigenvalue weighted by Gasteiger charge is 2.14. The highest BCUT2D eigenvalue weighted by atomic mass is 35.5. The van der Waals surface area contributed by atoms with Gasteiger partial charge in [0.2, 0.25) is 11.7 Å². The summed E-state index contributed by atoms with van der Waals surface area (Å²) in [6, 6.07) is 10.6. The van der Waals surface area contributed by atoms with Gasteiger partial charge in [0.05, 0.1) is 42.7 Å². The normalized spacial score (nSPS) is 10.9. The van der Waals surface area contributed by atoms with E-state index in [2.05, 4.69) is 20.9 Å². The van der Waals surface area contributed by atoms with Crippen molar-refractivity contribution in [1.29, 1.82) is 0 Å². The number of methoxy groups -OCH3 is 3. The second-order valence-electron chi connectivity index (χ2n) is 7.91. The molecule has 0 fully saturated rings. The summed E-state index contributed by atoms with van der Waals surface area (Å²) in [6.07, 6.45) is 4.73. The molecule has 0 saturated heterocycles. The molecule has 0 aliphatic carbocycles. The van der Waals surface area contributed by atoms with E-state index in [9.17, 15) is 4.79 Å². The molecule has 0 unspecified atom stereocenters. The first-order valence-electron chi connectivity index (χ1n) is 11.0. The number of carbonyl (C=O) groups excluding carboxylic acids is 1. The minimum Gasteiger partial charge on any atom is -0.493 e. The number of carbonyl (C=O) groups is 1. The van der Waals surface area contributed by atoms with Crippen LogP contribution in [0.4, 0.5) is 22.9 Å². The van der Waals surface area contributed by atoms with E-state index in [1.807, 2.05) is 19.9 Å². The van der Waals surface area contributed by atoms with Crippen molar-refractivity contribution in [3.05, 3.63) is 64.3 Å². The van der Waals surface area contributed by atoms with Gasteiger partial charge in [0, 0.05) is 41.7 Å². The van der Waals surface area contributed by atoms with Crippen LogP contribution in [-0.2, 0) is 4.79 Å². The van der Waals surface area contributed by atoms with E-state index in [0.29, 0.717) is 55.7 Å². The van der Waals surface area contributed by atoms with Crippen LogP contribution in [0.1, 0.15) is 19.4 Å². The van der Waals surface area contributed by atoms with Gasteiger partial charge in [0.25, 0.3) is 0 Å². The lowest BCUT2D eigenvalue weighted by Gasteiger charge is -2.16. The summed E-state index contributed by atoms with van der Waals surface area (Å²) in [7, 11) is 4.63. The molecule has 3 rings (SSSR count). The predicted molar refractivity (Wildman–Crippen MR) is 147 cm³/mol. The monoisotopic (exact) mass is 530 g/mol. The zero-order chi connectivity index (χ0) is 26.2. The highest BCUT2D eigenvalue weighted by Crippen LogP contribution is 2.40. The Labute approximate surface area is 220 Å². The van der Waals surface area contributed by atoms with Gasteiger partial charge in [-0.2, -0.15) is 0 Å². The third kappa shape index (κ3) is 6.74. The Morgan fingerprint density at radius 1 is 0.972 bits per heavy atom. The van der Waals surface area contributed by atoms with Crippen LogP contribution in [-0.4, -0.2) is 38.3 Å². The molecule has 8 nitrogen and oxygen atoms in total. The lowest BCUT2D eigenvalue weighted by atomic mass is 10.2. The lowest BCUT2D eigenvalue weighted by Crippen LogP contribution is -2.14. The molecular formula is C26H28Cl2N4O4. The fourth-order valence-corrected chi connectivity index (χ4v) is 3.69. The van der Waals surface area contributed by atoms with Crippen molar-refractivity contribution in [2.45, 2.75) is 19.9 Å². The minimum atomic E-state index is -0.345. The Balaban J connectivity index is 1.83. The van der Waals surface area contributed by atoms with Crippen molar-refractivity contribution >= 4 is 58.1 Å². The molecular weight excluding hydrogens is 503 g/mol. The summed E-state index contributed by atoms with van der Waals surface area (Å²) >= 11 is 12.3. The van der Waals surface area contributed by atoms with Gasteiger partial charge >= 0.3 is 0 Å². The van der Waals surface area contributed by atoms with Crippen molar-refractivity contribution in [2.75, 3.05) is 37.3 Å². The quantitative estimate of drug-likeness (QED) is 0.253. The lowest BCUT2D eigenvalue weighted by molar-refractivity contribution is -0.111. The Bertz CT molecular complexity index is 1240. The maximum atomic E-state index is 12.7. The molecule has 190 valence electrons. The average Bonchev–Trinajstić information content (AvgIpc) is 2.85. The number of ether oxygens (including phenoxy) is 3. The van der Waals surface area contributed by atoms with Crippen molar-refractivity contribution < 1.29 is 19.0 Å². The topological polar surface area (TPSA) is 93.7 Å². The molecule has 36 heavy (non-hydrogen) atoms. The molecule has 3 aromatic rings. The van der Waals surface area contributed by atoms with Crippen LogP contribution in [0.25, 0.3) is 6.08 Å². The van der Waals surface area contributed by atoms with Gasteiger partial charge in [-0.25, -0.2) is 4.98 Å². The van der Waals surface area contributed by atoms with Gasteiger partial charge in [-0.15, -0.1) is 0 Å². The maximum Gasteiger partial charge on any atom is 0.248 e. The van der Waals surface area contributed by atoms with E-state index in [1.165, 1.54) is 6.08 Å². The van der Waals surface area contributed by atoms with Gasteiger partial charge < -0.3 is 30.2 Å². The number of amides is 1. The summed E-state index contributed by atoms with van der Waals surface area (Å²) in [5.41, 5.74) is 2.56. The number of hydrogen-bond donors (Lipinski definition) is 3. The third-order valence-electron chi connectivity index (χ3n) is 4.94. The van der Waals surface area contributed by atoms with Gasteiger partial charge in [0.1, 0.15) is 5.82 Å². The van der Waals surface area contributed by atoms with Gasteiger partial charge in [0.15, 0.2) is 11.5 Å². The molecule has 0 aliphatic rings. The molecule has 0 spiro atoms. The Morgan fingerprint density at radius 3 is 2.19 bits per heavy atom. The Hall–Kier alpha value is -3.62. The predicted octanol–water partition coefficient (Wildman–Crippen LogP) is 6.63. The average molecular weight is 531 g/mol.